The van der Waals surface area contributed by atoms with Crippen LogP contribution in [0, 0.1) is 0 Å². The van der Waals surface area contributed by atoms with Gasteiger partial charge in [0.1, 0.15) is 12.2 Å². The summed E-state index contributed by atoms with van der Waals surface area (Å²) in [6.45, 7) is 0.412. The zero-order valence-corrected chi connectivity index (χ0v) is 12.4. The van der Waals surface area contributed by atoms with Gasteiger partial charge in [0, 0.05) is 6.21 Å². The fourth-order valence-electron chi connectivity index (χ4n) is 2.18. The van der Waals surface area contributed by atoms with Gasteiger partial charge in [-0.1, -0.05) is 17.3 Å². The average molecular weight is 296 g/mol. The third-order valence-electron chi connectivity index (χ3n) is 3.28. The van der Waals surface area contributed by atoms with E-state index in [1.165, 1.54) is 0 Å². The van der Waals surface area contributed by atoms with Crippen LogP contribution in [-0.2, 0) is 6.67 Å². The Bertz CT molecular complexity index is 811. The molecule has 3 rings (SSSR count). The summed E-state index contributed by atoms with van der Waals surface area (Å²) < 4.78 is 12.2. The van der Waals surface area contributed by atoms with Crippen LogP contribution in [0.5, 0.6) is 11.5 Å². The number of hydrogen-bond donors (Lipinski definition) is 0. The van der Waals surface area contributed by atoms with E-state index in [4.69, 9.17) is 9.47 Å². The highest BCUT2D eigenvalue weighted by atomic mass is 16.5. The highest BCUT2D eigenvalue weighted by molar-refractivity contribution is 5.81. The van der Waals surface area contributed by atoms with Gasteiger partial charge >= 0.3 is 0 Å². The normalized spacial score (nSPS) is 11.2. The second-order valence-corrected chi connectivity index (χ2v) is 4.65. The van der Waals surface area contributed by atoms with Gasteiger partial charge in [-0.3, -0.25) is 4.99 Å². The SMILES string of the molecule is COc1ccc(C=NCn2nnc3ccccc32)cc1OC. The van der Waals surface area contributed by atoms with Crippen LogP contribution in [-0.4, -0.2) is 35.4 Å². The molecule has 0 aliphatic rings. The Morgan fingerprint density at radius 1 is 1.09 bits per heavy atom. The summed E-state index contributed by atoms with van der Waals surface area (Å²) >= 11 is 0. The monoisotopic (exact) mass is 296 g/mol. The van der Waals surface area contributed by atoms with Crippen molar-refractivity contribution in [3.63, 3.8) is 0 Å². The number of fused-ring (bicyclic) bond motifs is 1. The lowest BCUT2D eigenvalue weighted by molar-refractivity contribution is 0.355. The van der Waals surface area contributed by atoms with Crippen LogP contribution in [0.1, 0.15) is 5.56 Å². The Kier molecular flexibility index (Phi) is 4.00. The lowest BCUT2D eigenvalue weighted by atomic mass is 10.2. The van der Waals surface area contributed by atoms with E-state index in [0.717, 1.165) is 16.6 Å². The van der Waals surface area contributed by atoms with Crippen LogP contribution in [0.15, 0.2) is 47.5 Å². The molecular weight excluding hydrogens is 280 g/mol. The van der Waals surface area contributed by atoms with Gasteiger partial charge < -0.3 is 9.47 Å². The molecule has 0 aliphatic heterocycles. The molecule has 0 fully saturated rings. The maximum absolute atomic E-state index is 5.27. The molecule has 2 aromatic carbocycles. The Morgan fingerprint density at radius 3 is 2.73 bits per heavy atom. The van der Waals surface area contributed by atoms with E-state index in [2.05, 4.69) is 15.3 Å². The van der Waals surface area contributed by atoms with Crippen molar-refractivity contribution < 1.29 is 9.47 Å². The van der Waals surface area contributed by atoms with Gasteiger partial charge in [0.15, 0.2) is 11.5 Å². The zero-order valence-electron chi connectivity index (χ0n) is 12.4. The third kappa shape index (κ3) is 2.76. The molecule has 0 aliphatic carbocycles. The fraction of sp³-hybridized carbons (Fsp3) is 0.188. The molecule has 0 radical (unpaired) electrons. The van der Waals surface area contributed by atoms with Gasteiger partial charge in [-0.25, -0.2) is 4.68 Å². The van der Waals surface area contributed by atoms with Crippen molar-refractivity contribution in [2.24, 2.45) is 4.99 Å². The quantitative estimate of drug-likeness (QED) is 0.679. The van der Waals surface area contributed by atoms with E-state index >= 15 is 0 Å². The molecule has 1 heterocycles. The number of aliphatic imine (C=N–C) groups is 1. The van der Waals surface area contributed by atoms with Gasteiger partial charge in [0.05, 0.1) is 19.7 Å². The van der Waals surface area contributed by atoms with Crippen molar-refractivity contribution in [2.45, 2.75) is 6.67 Å². The maximum Gasteiger partial charge on any atom is 0.161 e. The molecule has 6 nitrogen and oxygen atoms in total. The van der Waals surface area contributed by atoms with E-state index in [1.54, 1.807) is 25.1 Å². The van der Waals surface area contributed by atoms with E-state index in [9.17, 15) is 0 Å². The Hall–Kier alpha value is -2.89. The van der Waals surface area contributed by atoms with Gasteiger partial charge in [-0.05, 0) is 35.9 Å². The molecule has 6 heteroatoms. The van der Waals surface area contributed by atoms with E-state index in [-0.39, 0.29) is 0 Å². The Balaban J connectivity index is 1.77. The van der Waals surface area contributed by atoms with Gasteiger partial charge in [-0.2, -0.15) is 0 Å². The van der Waals surface area contributed by atoms with Gasteiger partial charge in [0.2, 0.25) is 0 Å². The summed E-state index contributed by atoms with van der Waals surface area (Å²) in [4.78, 5) is 4.40. The minimum atomic E-state index is 0.412. The minimum Gasteiger partial charge on any atom is -0.493 e. The summed E-state index contributed by atoms with van der Waals surface area (Å²) in [6.07, 6.45) is 1.78. The highest BCUT2D eigenvalue weighted by Gasteiger charge is 2.04. The Morgan fingerprint density at radius 2 is 1.91 bits per heavy atom. The number of ether oxygens (including phenoxy) is 2. The van der Waals surface area contributed by atoms with E-state index < -0.39 is 0 Å². The number of para-hydroxylation sites is 1. The first-order chi connectivity index (χ1) is 10.8. The first-order valence-corrected chi connectivity index (χ1v) is 6.82. The van der Waals surface area contributed by atoms with Crippen LogP contribution in [0.3, 0.4) is 0 Å². The average Bonchev–Trinajstić information content (AvgIpc) is 2.98. The van der Waals surface area contributed by atoms with Gasteiger partial charge in [-0.15, -0.1) is 5.10 Å². The van der Waals surface area contributed by atoms with Crippen LogP contribution in [0.4, 0.5) is 0 Å². The summed E-state index contributed by atoms with van der Waals surface area (Å²) in [6, 6.07) is 13.4. The first-order valence-electron chi connectivity index (χ1n) is 6.82. The molecule has 3 aromatic rings. The van der Waals surface area contributed by atoms with Crippen molar-refractivity contribution in [2.75, 3.05) is 14.2 Å². The predicted molar refractivity (Wildman–Crippen MR) is 84.7 cm³/mol. The molecule has 0 saturated carbocycles. The number of nitrogens with zero attached hydrogens (tertiary/aromatic N) is 4. The molecule has 112 valence electrons. The summed E-state index contributed by atoms with van der Waals surface area (Å²) in [5.74, 6) is 1.37. The minimum absolute atomic E-state index is 0.412. The standard InChI is InChI=1S/C16H16N4O2/c1-21-15-8-7-12(9-16(15)22-2)10-17-11-20-14-6-4-3-5-13(14)18-19-20/h3-10H,11H2,1-2H3. The molecule has 1 aromatic heterocycles. The molecule has 0 spiro atoms. The number of rotatable bonds is 5. The molecule has 0 bridgehead atoms. The summed E-state index contributed by atoms with van der Waals surface area (Å²) in [5, 5.41) is 8.19. The smallest absolute Gasteiger partial charge is 0.161 e. The lowest BCUT2D eigenvalue weighted by Gasteiger charge is -2.07. The number of benzene rings is 2. The second-order valence-electron chi connectivity index (χ2n) is 4.65. The second kappa shape index (κ2) is 6.26. The van der Waals surface area contributed by atoms with E-state index in [1.807, 2.05) is 42.5 Å². The largest absolute Gasteiger partial charge is 0.493 e. The molecule has 0 unspecified atom stereocenters. The third-order valence-corrected chi connectivity index (χ3v) is 3.28. The van der Waals surface area contributed by atoms with Gasteiger partial charge in [0.25, 0.3) is 0 Å². The van der Waals surface area contributed by atoms with Crippen molar-refractivity contribution in [3.05, 3.63) is 48.0 Å². The highest BCUT2D eigenvalue weighted by Crippen LogP contribution is 2.26. The topological polar surface area (TPSA) is 61.5 Å². The van der Waals surface area contributed by atoms with Crippen molar-refractivity contribution in [3.8, 4) is 11.5 Å². The summed E-state index contributed by atoms with van der Waals surface area (Å²) in [7, 11) is 3.22. The predicted octanol–water partition coefficient (Wildman–Crippen LogP) is 2.53. The first kappa shape index (κ1) is 14.1. The molecule has 0 amide bonds. The zero-order chi connectivity index (χ0) is 15.4. The molecular formula is C16H16N4O2. The van der Waals surface area contributed by atoms with Crippen molar-refractivity contribution in [1.29, 1.82) is 0 Å². The number of hydrogen-bond acceptors (Lipinski definition) is 5. The maximum atomic E-state index is 5.27. The Labute approximate surface area is 128 Å². The van der Waals surface area contributed by atoms with Crippen LogP contribution in [0.25, 0.3) is 11.0 Å². The van der Waals surface area contributed by atoms with Crippen LogP contribution < -0.4 is 9.47 Å². The van der Waals surface area contributed by atoms with Crippen LogP contribution >= 0.6 is 0 Å². The molecule has 0 N–H and O–H groups in total. The number of methoxy groups -OCH3 is 2. The number of aromatic nitrogens is 3. The molecule has 0 saturated heterocycles. The lowest BCUT2D eigenvalue weighted by Crippen LogP contribution is -1.98. The van der Waals surface area contributed by atoms with Crippen molar-refractivity contribution >= 4 is 17.2 Å². The summed E-state index contributed by atoms with van der Waals surface area (Å²) in [5.41, 5.74) is 2.76. The van der Waals surface area contributed by atoms with Crippen LogP contribution in [0.2, 0.25) is 0 Å². The molecule has 22 heavy (non-hydrogen) atoms. The molecule has 0 atom stereocenters. The fourth-order valence-corrected chi connectivity index (χ4v) is 2.18. The van der Waals surface area contributed by atoms with E-state index in [0.29, 0.717) is 18.2 Å². The van der Waals surface area contributed by atoms with Crippen molar-refractivity contribution in [1.82, 2.24) is 15.0 Å².